The minimum atomic E-state index is -1.03. The second-order valence-corrected chi connectivity index (χ2v) is 13.2. The van der Waals surface area contributed by atoms with Crippen molar-refractivity contribution in [3.05, 3.63) is 60.8 Å². The van der Waals surface area contributed by atoms with Crippen molar-refractivity contribution >= 4 is 17.8 Å². The van der Waals surface area contributed by atoms with Crippen molar-refractivity contribution in [1.82, 2.24) is 5.32 Å². The van der Waals surface area contributed by atoms with Gasteiger partial charge in [-0.1, -0.05) is 139 Å². The number of aliphatic carboxylic acids is 1. The molecule has 0 aliphatic rings. The van der Waals surface area contributed by atoms with Crippen LogP contribution in [0.5, 0.6) is 0 Å². The van der Waals surface area contributed by atoms with Crippen LogP contribution in [0, 0.1) is 0 Å². The van der Waals surface area contributed by atoms with Crippen molar-refractivity contribution in [2.45, 2.75) is 187 Å². The van der Waals surface area contributed by atoms with E-state index in [1.54, 1.807) is 0 Å². The molecule has 0 aliphatic carbocycles. The highest BCUT2D eigenvalue weighted by Gasteiger charge is 2.11. The van der Waals surface area contributed by atoms with Crippen molar-refractivity contribution in [3.8, 4) is 0 Å². The largest absolute Gasteiger partial charge is 0.480 e. The number of esters is 1. The number of carbonyl (C=O) groups excluding carboxylic acids is 2. The monoisotopic (exact) mass is 684 g/mol. The number of hydrogen-bond donors (Lipinski definition) is 2. The molecule has 280 valence electrons. The van der Waals surface area contributed by atoms with Crippen LogP contribution in [0.1, 0.15) is 181 Å². The summed E-state index contributed by atoms with van der Waals surface area (Å²) in [5, 5.41) is 11.1. The number of carboxylic acid groups (broad SMARTS) is 1. The molecule has 0 saturated heterocycles. The minimum Gasteiger partial charge on any atom is -0.480 e. The zero-order chi connectivity index (χ0) is 35.9. The summed E-state index contributed by atoms with van der Waals surface area (Å²) in [6, 6.07) is 0. The van der Waals surface area contributed by atoms with Gasteiger partial charge in [0.2, 0.25) is 5.91 Å². The summed E-state index contributed by atoms with van der Waals surface area (Å²) >= 11 is 0. The van der Waals surface area contributed by atoms with Crippen molar-refractivity contribution in [1.29, 1.82) is 0 Å². The molecule has 0 aromatic rings. The number of rotatable bonds is 35. The Morgan fingerprint density at radius 1 is 0.551 bits per heavy atom. The van der Waals surface area contributed by atoms with Crippen LogP contribution in [0.25, 0.3) is 0 Å². The Morgan fingerprint density at radius 2 is 1.00 bits per heavy atom. The standard InChI is InChI=1S/C43H73NO5/c1-3-5-7-9-11-13-14-15-16-17-18-19-20-21-22-24-26-28-34-38-43(48)49-40(35-31-27-25-23-12-10-8-6-4-2)36-32-29-30-33-37-41(45)44-39-42(46)47/h11,13,15-16,18-19,23,25,31,35,40H,3-10,12,14,17,20-22,24,26-30,32-34,36-39H2,1-2H3,(H,44,45)(H,46,47)/b13-11-,16-15-,19-18-,25-23-,35-31-. The van der Waals surface area contributed by atoms with Crippen molar-refractivity contribution in [2.75, 3.05) is 6.54 Å². The lowest BCUT2D eigenvalue weighted by Crippen LogP contribution is -2.28. The Balaban J connectivity index is 4.19. The van der Waals surface area contributed by atoms with Gasteiger partial charge in [-0.05, 0) is 89.5 Å². The highest BCUT2D eigenvalue weighted by molar-refractivity contribution is 5.80. The maximum Gasteiger partial charge on any atom is 0.322 e. The van der Waals surface area contributed by atoms with Gasteiger partial charge in [0.25, 0.3) is 0 Å². The average molecular weight is 684 g/mol. The summed E-state index contributed by atoms with van der Waals surface area (Å²) in [6.45, 7) is 4.14. The lowest BCUT2D eigenvalue weighted by molar-refractivity contribution is -0.147. The summed E-state index contributed by atoms with van der Waals surface area (Å²) in [5.41, 5.74) is 0. The normalized spacial score (nSPS) is 12.7. The van der Waals surface area contributed by atoms with Gasteiger partial charge >= 0.3 is 11.9 Å². The first-order valence-corrected chi connectivity index (χ1v) is 19.9. The summed E-state index contributed by atoms with van der Waals surface area (Å²) in [4.78, 5) is 34.9. The van der Waals surface area contributed by atoms with Gasteiger partial charge in [0.1, 0.15) is 12.6 Å². The van der Waals surface area contributed by atoms with Crippen molar-refractivity contribution in [3.63, 3.8) is 0 Å². The number of unbranched alkanes of at least 4 members (excludes halogenated alkanes) is 16. The van der Waals surface area contributed by atoms with Crippen LogP contribution in [0.4, 0.5) is 0 Å². The Hall–Kier alpha value is -2.89. The van der Waals surface area contributed by atoms with Crippen LogP contribution in [0.15, 0.2) is 60.8 Å². The third kappa shape index (κ3) is 37.8. The zero-order valence-corrected chi connectivity index (χ0v) is 31.5. The van der Waals surface area contributed by atoms with E-state index in [9.17, 15) is 14.4 Å². The third-order valence-corrected chi connectivity index (χ3v) is 8.40. The fraction of sp³-hybridized carbons (Fsp3) is 0.698. The van der Waals surface area contributed by atoms with Crippen molar-refractivity contribution < 1.29 is 24.2 Å². The molecule has 0 aromatic carbocycles. The maximum absolute atomic E-state index is 12.6. The summed E-state index contributed by atoms with van der Waals surface area (Å²) in [5.74, 6) is -1.37. The Kier molecular flexibility index (Phi) is 35.7. The van der Waals surface area contributed by atoms with Crippen LogP contribution in [0.3, 0.4) is 0 Å². The molecule has 0 fully saturated rings. The van der Waals surface area contributed by atoms with Crippen LogP contribution in [-0.2, 0) is 19.1 Å². The topological polar surface area (TPSA) is 92.7 Å². The second kappa shape index (κ2) is 37.9. The van der Waals surface area contributed by atoms with Gasteiger partial charge in [-0.3, -0.25) is 14.4 Å². The van der Waals surface area contributed by atoms with Gasteiger partial charge in [0, 0.05) is 12.8 Å². The quantitative estimate of drug-likeness (QED) is 0.0394. The number of carboxylic acids is 1. The first-order chi connectivity index (χ1) is 24.0. The van der Waals surface area contributed by atoms with E-state index in [2.05, 4.69) is 73.8 Å². The summed E-state index contributed by atoms with van der Waals surface area (Å²) in [6.07, 6.45) is 49.2. The predicted molar refractivity (Wildman–Crippen MR) is 208 cm³/mol. The number of allylic oxidation sites excluding steroid dienone is 9. The molecular weight excluding hydrogens is 610 g/mol. The van der Waals surface area contributed by atoms with E-state index >= 15 is 0 Å². The number of ether oxygens (including phenoxy) is 1. The highest BCUT2D eigenvalue weighted by Crippen LogP contribution is 2.15. The Bertz CT molecular complexity index is 933. The van der Waals surface area contributed by atoms with E-state index in [-0.39, 0.29) is 24.5 Å². The highest BCUT2D eigenvalue weighted by atomic mass is 16.5. The predicted octanol–water partition coefficient (Wildman–Crippen LogP) is 12.1. The van der Waals surface area contributed by atoms with Gasteiger partial charge in [-0.15, -0.1) is 0 Å². The van der Waals surface area contributed by atoms with Crippen LogP contribution in [0.2, 0.25) is 0 Å². The van der Waals surface area contributed by atoms with Crippen molar-refractivity contribution in [2.24, 2.45) is 0 Å². The van der Waals surface area contributed by atoms with E-state index in [0.29, 0.717) is 12.8 Å². The van der Waals surface area contributed by atoms with E-state index in [1.165, 1.54) is 70.6 Å². The smallest absolute Gasteiger partial charge is 0.322 e. The molecule has 6 heteroatoms. The molecule has 1 unspecified atom stereocenters. The van der Waals surface area contributed by atoms with E-state index < -0.39 is 5.97 Å². The van der Waals surface area contributed by atoms with Gasteiger partial charge < -0.3 is 15.2 Å². The van der Waals surface area contributed by atoms with Gasteiger partial charge in [-0.25, -0.2) is 0 Å². The number of nitrogens with one attached hydrogen (secondary N) is 1. The molecule has 0 spiro atoms. The maximum atomic E-state index is 12.6. The fourth-order valence-electron chi connectivity index (χ4n) is 5.41. The number of hydrogen-bond acceptors (Lipinski definition) is 4. The average Bonchev–Trinajstić information content (AvgIpc) is 3.08. The van der Waals surface area contributed by atoms with Crippen LogP contribution in [-0.4, -0.2) is 35.6 Å². The molecular formula is C43H73NO5. The molecule has 0 aliphatic heterocycles. The van der Waals surface area contributed by atoms with Crippen LogP contribution < -0.4 is 5.32 Å². The lowest BCUT2D eigenvalue weighted by atomic mass is 10.1. The van der Waals surface area contributed by atoms with Gasteiger partial charge in [0.05, 0.1) is 0 Å². The van der Waals surface area contributed by atoms with E-state index in [4.69, 9.17) is 9.84 Å². The molecule has 49 heavy (non-hydrogen) atoms. The molecule has 0 rings (SSSR count). The molecule has 1 amide bonds. The number of carbonyl (C=O) groups is 3. The molecule has 1 atom stereocenters. The molecule has 0 bridgehead atoms. The van der Waals surface area contributed by atoms with Gasteiger partial charge in [0.15, 0.2) is 0 Å². The molecule has 0 radical (unpaired) electrons. The molecule has 0 saturated carbocycles. The molecule has 0 aromatic heterocycles. The van der Waals surface area contributed by atoms with Crippen LogP contribution >= 0.6 is 0 Å². The third-order valence-electron chi connectivity index (χ3n) is 8.40. The summed E-state index contributed by atoms with van der Waals surface area (Å²) in [7, 11) is 0. The first kappa shape index (κ1) is 46.1. The SMILES string of the molecule is CCCCC/C=C\C/C=C\C/C=C\CCCCCCCCC(=O)OC(/C=C\C/C=C\CCCCCC)CCCCCCC(=O)NCC(=O)O. The molecule has 0 heterocycles. The first-order valence-electron chi connectivity index (χ1n) is 19.9. The summed E-state index contributed by atoms with van der Waals surface area (Å²) < 4.78 is 5.87. The molecule has 6 nitrogen and oxygen atoms in total. The van der Waals surface area contributed by atoms with E-state index in [0.717, 1.165) is 83.5 Å². The molecule has 2 N–H and O–H groups in total. The fourth-order valence-corrected chi connectivity index (χ4v) is 5.41. The van der Waals surface area contributed by atoms with E-state index in [1.807, 2.05) is 6.08 Å². The number of amides is 1. The van der Waals surface area contributed by atoms with Gasteiger partial charge in [-0.2, -0.15) is 0 Å². The lowest BCUT2D eigenvalue weighted by Gasteiger charge is -2.14. The Labute approximate surface area is 301 Å². The minimum absolute atomic E-state index is 0.113. The second-order valence-electron chi connectivity index (χ2n) is 13.2. The Morgan fingerprint density at radius 3 is 1.59 bits per heavy atom. The zero-order valence-electron chi connectivity index (χ0n) is 31.5.